The number of aryl methyl sites for hydroxylation is 1. The lowest BCUT2D eigenvalue weighted by Gasteiger charge is -2.21. The highest BCUT2D eigenvalue weighted by molar-refractivity contribution is 8.01. The molecule has 1 heterocycles. The van der Waals surface area contributed by atoms with E-state index in [1.807, 2.05) is 0 Å². The van der Waals surface area contributed by atoms with Crippen LogP contribution in [0.15, 0.2) is 10.6 Å². The summed E-state index contributed by atoms with van der Waals surface area (Å²) in [5, 5.41) is 9.03. The summed E-state index contributed by atoms with van der Waals surface area (Å²) >= 11 is 1.32. The van der Waals surface area contributed by atoms with E-state index in [4.69, 9.17) is 4.52 Å². The highest BCUT2D eigenvalue weighted by Gasteiger charge is 2.17. The van der Waals surface area contributed by atoms with Crippen molar-refractivity contribution in [1.82, 2.24) is 10.5 Å². The summed E-state index contributed by atoms with van der Waals surface area (Å²) in [6, 6.07) is 1.66. The predicted molar refractivity (Wildman–Crippen MR) is 101 cm³/mol. The van der Waals surface area contributed by atoms with E-state index in [-0.39, 0.29) is 22.8 Å². The zero-order valence-electron chi connectivity index (χ0n) is 15.2. The molecule has 1 unspecified atom stereocenters. The first kappa shape index (κ1) is 19.8. The van der Waals surface area contributed by atoms with E-state index in [2.05, 4.69) is 15.8 Å². The van der Waals surface area contributed by atoms with E-state index in [1.54, 1.807) is 19.9 Å². The first-order valence-electron chi connectivity index (χ1n) is 9.17. The third-order valence-corrected chi connectivity index (χ3v) is 5.69. The molecule has 2 amide bonds. The molecule has 0 saturated heterocycles. The summed E-state index contributed by atoms with van der Waals surface area (Å²) in [5.41, 5.74) is 0. The maximum atomic E-state index is 12.0. The zero-order chi connectivity index (χ0) is 18.1. The predicted octanol–water partition coefficient (Wildman–Crippen LogP) is 3.52. The van der Waals surface area contributed by atoms with Gasteiger partial charge >= 0.3 is 0 Å². The molecule has 2 N–H and O–H groups in total. The van der Waals surface area contributed by atoms with Crippen molar-refractivity contribution in [3.8, 4) is 0 Å². The molecule has 6 nitrogen and oxygen atoms in total. The van der Waals surface area contributed by atoms with Crippen LogP contribution in [0.3, 0.4) is 0 Å². The molecule has 0 radical (unpaired) electrons. The largest absolute Gasteiger partial charge is 0.360 e. The molecule has 1 aromatic rings. The van der Waals surface area contributed by atoms with Gasteiger partial charge in [0.05, 0.1) is 11.0 Å². The first-order chi connectivity index (χ1) is 12.0. The van der Waals surface area contributed by atoms with E-state index in [0.717, 1.165) is 18.9 Å². The van der Waals surface area contributed by atoms with Crippen LogP contribution in [0.2, 0.25) is 0 Å². The van der Waals surface area contributed by atoms with Crippen molar-refractivity contribution >= 4 is 29.4 Å². The standard InChI is InChI=1S/C18H29N3O3S/c1-13-11-16(21-24-13)20-18(23)14(2)25-12-17(22)19-10-6-9-15-7-4-3-5-8-15/h11,14-15H,3-10,12H2,1-2H3,(H,19,22)(H,20,21,23). The van der Waals surface area contributed by atoms with E-state index in [0.29, 0.717) is 11.6 Å². The maximum absolute atomic E-state index is 12.0. The average molecular weight is 368 g/mol. The summed E-state index contributed by atoms with van der Waals surface area (Å²) in [7, 11) is 0. The first-order valence-corrected chi connectivity index (χ1v) is 10.2. The van der Waals surface area contributed by atoms with Crippen LogP contribution in [0.5, 0.6) is 0 Å². The van der Waals surface area contributed by atoms with Crippen molar-refractivity contribution in [2.24, 2.45) is 5.92 Å². The molecule has 1 fully saturated rings. The van der Waals surface area contributed by atoms with Gasteiger partial charge in [0.2, 0.25) is 11.8 Å². The molecule has 1 atom stereocenters. The van der Waals surface area contributed by atoms with Crippen LogP contribution in [0.1, 0.15) is 57.6 Å². The van der Waals surface area contributed by atoms with Gasteiger partial charge in [0, 0.05) is 12.6 Å². The lowest BCUT2D eigenvalue weighted by molar-refractivity contribution is -0.118. The number of hydrogen-bond acceptors (Lipinski definition) is 5. The van der Waals surface area contributed by atoms with Gasteiger partial charge in [0.15, 0.2) is 5.82 Å². The number of nitrogens with one attached hydrogen (secondary N) is 2. The lowest BCUT2D eigenvalue weighted by atomic mass is 9.86. The third kappa shape index (κ3) is 7.50. The van der Waals surface area contributed by atoms with Crippen LogP contribution in [0, 0.1) is 12.8 Å². The van der Waals surface area contributed by atoms with E-state index in [9.17, 15) is 9.59 Å². The average Bonchev–Trinajstić information content (AvgIpc) is 3.02. The molecule has 1 aliphatic carbocycles. The van der Waals surface area contributed by atoms with Crippen molar-refractivity contribution in [2.45, 2.75) is 64.0 Å². The Labute approximate surface area is 153 Å². The summed E-state index contributed by atoms with van der Waals surface area (Å²) < 4.78 is 4.91. The lowest BCUT2D eigenvalue weighted by Crippen LogP contribution is -2.29. The van der Waals surface area contributed by atoms with Gasteiger partial charge in [0.25, 0.3) is 0 Å². The minimum absolute atomic E-state index is 0.00873. The molecular formula is C18H29N3O3S. The molecule has 1 aromatic heterocycles. The number of nitrogens with zero attached hydrogens (tertiary/aromatic N) is 1. The number of hydrogen-bond donors (Lipinski definition) is 2. The molecule has 1 aliphatic rings. The van der Waals surface area contributed by atoms with Gasteiger partial charge < -0.3 is 15.2 Å². The van der Waals surface area contributed by atoms with Gasteiger partial charge in [0.1, 0.15) is 5.76 Å². The van der Waals surface area contributed by atoms with Crippen LogP contribution in [-0.4, -0.2) is 34.5 Å². The maximum Gasteiger partial charge on any atom is 0.238 e. The van der Waals surface area contributed by atoms with Gasteiger partial charge in [-0.05, 0) is 32.6 Å². The zero-order valence-corrected chi connectivity index (χ0v) is 16.0. The summed E-state index contributed by atoms with van der Waals surface area (Å²) in [6.45, 7) is 4.28. The van der Waals surface area contributed by atoms with Crippen molar-refractivity contribution in [1.29, 1.82) is 0 Å². The van der Waals surface area contributed by atoms with Crippen LogP contribution < -0.4 is 10.6 Å². The fourth-order valence-electron chi connectivity index (χ4n) is 3.07. The van der Waals surface area contributed by atoms with Crippen molar-refractivity contribution in [2.75, 3.05) is 17.6 Å². The Bertz CT molecular complexity index is 556. The Balaban J connectivity index is 1.54. The second kappa shape index (κ2) is 10.5. The van der Waals surface area contributed by atoms with Gasteiger partial charge in [-0.25, -0.2) is 0 Å². The quantitative estimate of drug-likeness (QED) is 0.652. The second-order valence-corrected chi connectivity index (χ2v) is 8.09. The number of amides is 2. The number of rotatable bonds is 9. The number of thioether (sulfide) groups is 1. The molecule has 0 spiro atoms. The van der Waals surface area contributed by atoms with Gasteiger partial charge in [-0.1, -0.05) is 37.3 Å². The number of anilines is 1. The minimum atomic E-state index is -0.329. The topological polar surface area (TPSA) is 84.2 Å². The minimum Gasteiger partial charge on any atom is -0.360 e. The Morgan fingerprint density at radius 3 is 2.80 bits per heavy atom. The molecular weight excluding hydrogens is 338 g/mol. The number of carbonyl (C=O) groups is 2. The van der Waals surface area contributed by atoms with Gasteiger partial charge in [-0.15, -0.1) is 11.8 Å². The molecule has 0 aromatic carbocycles. The molecule has 0 aliphatic heterocycles. The summed E-state index contributed by atoms with van der Waals surface area (Å²) in [5.74, 6) is 2.00. The van der Waals surface area contributed by atoms with Crippen LogP contribution in [-0.2, 0) is 9.59 Å². The molecule has 25 heavy (non-hydrogen) atoms. The van der Waals surface area contributed by atoms with E-state index in [1.165, 1.54) is 50.3 Å². The smallest absolute Gasteiger partial charge is 0.238 e. The SMILES string of the molecule is Cc1cc(NC(=O)C(C)SCC(=O)NCCCC2CCCCC2)no1. The molecule has 2 rings (SSSR count). The normalized spacial score (nSPS) is 16.4. The van der Waals surface area contributed by atoms with Crippen LogP contribution in [0.4, 0.5) is 5.82 Å². The number of carbonyl (C=O) groups excluding carboxylic acids is 2. The van der Waals surface area contributed by atoms with Crippen molar-refractivity contribution < 1.29 is 14.1 Å². The van der Waals surface area contributed by atoms with Crippen LogP contribution >= 0.6 is 11.8 Å². The summed E-state index contributed by atoms with van der Waals surface area (Å²) in [6.07, 6.45) is 9.06. The Hall–Kier alpha value is -1.50. The summed E-state index contributed by atoms with van der Waals surface area (Å²) in [4.78, 5) is 23.9. The third-order valence-electron chi connectivity index (χ3n) is 4.55. The highest BCUT2D eigenvalue weighted by atomic mass is 32.2. The van der Waals surface area contributed by atoms with Gasteiger partial charge in [-0.2, -0.15) is 0 Å². The molecule has 1 saturated carbocycles. The monoisotopic (exact) mass is 367 g/mol. The van der Waals surface area contributed by atoms with Crippen molar-refractivity contribution in [3.63, 3.8) is 0 Å². The Morgan fingerprint density at radius 2 is 2.12 bits per heavy atom. The fourth-order valence-corrected chi connectivity index (χ4v) is 3.79. The Kier molecular flexibility index (Phi) is 8.31. The fraction of sp³-hybridized carbons (Fsp3) is 0.722. The molecule has 140 valence electrons. The molecule has 0 bridgehead atoms. The highest BCUT2D eigenvalue weighted by Crippen LogP contribution is 2.26. The van der Waals surface area contributed by atoms with E-state index >= 15 is 0 Å². The van der Waals surface area contributed by atoms with Crippen molar-refractivity contribution in [3.05, 3.63) is 11.8 Å². The van der Waals surface area contributed by atoms with Crippen LogP contribution in [0.25, 0.3) is 0 Å². The van der Waals surface area contributed by atoms with Gasteiger partial charge in [-0.3, -0.25) is 9.59 Å². The van der Waals surface area contributed by atoms with E-state index < -0.39 is 0 Å². The second-order valence-electron chi connectivity index (χ2n) is 6.76. The molecule has 7 heteroatoms. The number of aromatic nitrogens is 1. The Morgan fingerprint density at radius 1 is 1.36 bits per heavy atom.